The van der Waals surface area contributed by atoms with Crippen LogP contribution in [0.1, 0.15) is 18.1 Å². The van der Waals surface area contributed by atoms with Crippen LogP contribution in [-0.2, 0) is 0 Å². The van der Waals surface area contributed by atoms with Crippen LogP contribution >= 0.6 is 12.4 Å². The van der Waals surface area contributed by atoms with E-state index in [1.54, 1.807) is 7.11 Å². The smallest absolute Gasteiger partial charge is 0.162 e. The predicted octanol–water partition coefficient (Wildman–Crippen LogP) is 3.85. The largest absolute Gasteiger partial charge is 0.493 e. The first-order valence-electron chi connectivity index (χ1n) is 6.84. The summed E-state index contributed by atoms with van der Waals surface area (Å²) < 4.78 is 11.5. The van der Waals surface area contributed by atoms with Crippen LogP contribution in [0.2, 0.25) is 0 Å². The number of halogens is 1. The summed E-state index contributed by atoms with van der Waals surface area (Å²) in [5, 5.41) is 3.17. The van der Waals surface area contributed by atoms with Gasteiger partial charge in [0.25, 0.3) is 0 Å². The van der Waals surface area contributed by atoms with Crippen LogP contribution in [0.25, 0.3) is 0 Å². The van der Waals surface area contributed by atoms with E-state index in [9.17, 15) is 0 Å². The minimum Gasteiger partial charge on any atom is -0.493 e. The van der Waals surface area contributed by atoms with Crippen molar-refractivity contribution >= 4 is 12.4 Å². The molecule has 2 aromatic rings. The number of hydrogen-bond donors (Lipinski definition) is 1. The molecule has 3 nitrogen and oxygen atoms in total. The Morgan fingerprint density at radius 3 is 2.19 bits per heavy atom. The monoisotopic (exact) mass is 307 g/mol. The molecule has 21 heavy (non-hydrogen) atoms. The molecule has 0 saturated carbocycles. The zero-order valence-corrected chi connectivity index (χ0v) is 13.2. The third-order valence-corrected chi connectivity index (χ3v) is 3.17. The molecule has 0 saturated heterocycles. The molecule has 0 fully saturated rings. The van der Waals surface area contributed by atoms with E-state index in [-0.39, 0.29) is 18.5 Å². The maximum atomic E-state index is 6.16. The molecular weight excluding hydrogens is 286 g/mol. The van der Waals surface area contributed by atoms with Crippen molar-refractivity contribution in [2.45, 2.75) is 12.5 Å². The first-order valence-corrected chi connectivity index (χ1v) is 6.84. The molecule has 1 N–H and O–H groups in total. The highest BCUT2D eigenvalue weighted by atomic mass is 35.5. The number of benzene rings is 2. The Hall–Kier alpha value is -1.71. The van der Waals surface area contributed by atoms with Crippen LogP contribution in [0.4, 0.5) is 0 Å². The van der Waals surface area contributed by atoms with Crippen molar-refractivity contribution in [1.29, 1.82) is 0 Å². The van der Waals surface area contributed by atoms with E-state index in [0.717, 1.165) is 24.5 Å². The third-order valence-electron chi connectivity index (χ3n) is 3.17. The number of methoxy groups -OCH3 is 1. The van der Waals surface area contributed by atoms with E-state index >= 15 is 0 Å². The van der Waals surface area contributed by atoms with Gasteiger partial charge in [-0.1, -0.05) is 42.5 Å². The highest BCUT2D eigenvalue weighted by molar-refractivity contribution is 5.85. The summed E-state index contributed by atoms with van der Waals surface area (Å²) in [5.41, 5.74) is 1.17. The normalized spacial score (nSPS) is 11.3. The van der Waals surface area contributed by atoms with Crippen molar-refractivity contribution in [3.05, 3.63) is 60.2 Å². The Morgan fingerprint density at radius 1 is 0.952 bits per heavy atom. The van der Waals surface area contributed by atoms with Gasteiger partial charge >= 0.3 is 0 Å². The SMILES string of the molecule is CNCC[C@H](Oc1ccccc1OC)c1ccccc1.Cl. The quantitative estimate of drug-likeness (QED) is 0.843. The summed E-state index contributed by atoms with van der Waals surface area (Å²) in [6.07, 6.45) is 0.915. The van der Waals surface area contributed by atoms with E-state index in [1.807, 2.05) is 49.5 Å². The van der Waals surface area contributed by atoms with Crippen molar-refractivity contribution in [3.63, 3.8) is 0 Å². The van der Waals surface area contributed by atoms with Crippen LogP contribution in [-0.4, -0.2) is 20.7 Å². The maximum Gasteiger partial charge on any atom is 0.162 e. The van der Waals surface area contributed by atoms with Crippen LogP contribution < -0.4 is 14.8 Å². The van der Waals surface area contributed by atoms with Crippen LogP contribution in [0.15, 0.2) is 54.6 Å². The average Bonchev–Trinajstić information content (AvgIpc) is 2.52. The summed E-state index contributed by atoms with van der Waals surface area (Å²) in [5.74, 6) is 1.54. The highest BCUT2D eigenvalue weighted by Crippen LogP contribution is 2.31. The molecule has 0 heterocycles. The van der Waals surface area contributed by atoms with Gasteiger partial charge in [-0.25, -0.2) is 0 Å². The van der Waals surface area contributed by atoms with Crippen molar-refractivity contribution in [3.8, 4) is 11.5 Å². The van der Waals surface area contributed by atoms with Crippen LogP contribution in [0, 0.1) is 0 Å². The second-order valence-corrected chi connectivity index (χ2v) is 4.56. The molecule has 0 aliphatic rings. The molecule has 0 spiro atoms. The molecule has 114 valence electrons. The Labute approximate surface area is 132 Å². The lowest BCUT2D eigenvalue weighted by molar-refractivity contribution is 0.187. The molecule has 2 rings (SSSR count). The summed E-state index contributed by atoms with van der Waals surface area (Å²) >= 11 is 0. The number of rotatable bonds is 7. The number of para-hydroxylation sites is 2. The van der Waals surface area contributed by atoms with Crippen molar-refractivity contribution < 1.29 is 9.47 Å². The molecular formula is C17H22ClNO2. The minimum atomic E-state index is 0. The van der Waals surface area contributed by atoms with E-state index in [4.69, 9.17) is 9.47 Å². The zero-order chi connectivity index (χ0) is 14.2. The van der Waals surface area contributed by atoms with Gasteiger partial charge in [-0.3, -0.25) is 0 Å². The number of ether oxygens (including phenoxy) is 2. The van der Waals surface area contributed by atoms with E-state index < -0.39 is 0 Å². The van der Waals surface area contributed by atoms with Gasteiger partial charge in [0, 0.05) is 6.42 Å². The summed E-state index contributed by atoms with van der Waals surface area (Å²) in [4.78, 5) is 0. The van der Waals surface area contributed by atoms with Gasteiger partial charge in [0.15, 0.2) is 11.5 Å². The van der Waals surface area contributed by atoms with Gasteiger partial charge in [0.2, 0.25) is 0 Å². The molecule has 0 aliphatic carbocycles. The van der Waals surface area contributed by atoms with E-state index in [0.29, 0.717) is 0 Å². The topological polar surface area (TPSA) is 30.5 Å². The molecule has 0 radical (unpaired) electrons. The second kappa shape index (κ2) is 9.27. The Morgan fingerprint density at radius 2 is 1.57 bits per heavy atom. The Balaban J connectivity index is 0.00000220. The number of nitrogens with one attached hydrogen (secondary N) is 1. The van der Waals surface area contributed by atoms with Gasteiger partial charge in [-0.2, -0.15) is 0 Å². The van der Waals surface area contributed by atoms with Gasteiger partial charge in [0.1, 0.15) is 6.10 Å². The number of hydrogen-bond acceptors (Lipinski definition) is 3. The molecule has 2 aromatic carbocycles. The first-order chi connectivity index (χ1) is 9.85. The van der Waals surface area contributed by atoms with Gasteiger partial charge in [-0.05, 0) is 31.3 Å². The first kappa shape index (κ1) is 17.3. The van der Waals surface area contributed by atoms with E-state index in [2.05, 4.69) is 17.4 Å². The molecule has 1 atom stereocenters. The fourth-order valence-corrected chi connectivity index (χ4v) is 2.11. The predicted molar refractivity (Wildman–Crippen MR) is 88.6 cm³/mol. The highest BCUT2D eigenvalue weighted by Gasteiger charge is 2.14. The summed E-state index contributed by atoms with van der Waals surface area (Å²) in [7, 11) is 3.61. The third kappa shape index (κ3) is 4.96. The van der Waals surface area contributed by atoms with Crippen molar-refractivity contribution in [2.24, 2.45) is 0 Å². The standard InChI is InChI=1S/C17H21NO2.ClH/c1-18-13-12-15(14-8-4-3-5-9-14)20-17-11-7-6-10-16(17)19-2;/h3-11,15,18H,12-13H2,1-2H3;1H/t15-;/m0./s1. The zero-order valence-electron chi connectivity index (χ0n) is 12.4. The molecule has 0 aliphatic heterocycles. The Bertz CT molecular complexity index is 519. The van der Waals surface area contributed by atoms with Crippen molar-refractivity contribution in [1.82, 2.24) is 5.32 Å². The summed E-state index contributed by atoms with van der Waals surface area (Å²) in [6.45, 7) is 0.898. The fourth-order valence-electron chi connectivity index (χ4n) is 2.11. The average molecular weight is 308 g/mol. The maximum absolute atomic E-state index is 6.16. The van der Waals surface area contributed by atoms with Crippen LogP contribution in [0.3, 0.4) is 0 Å². The lowest BCUT2D eigenvalue weighted by Gasteiger charge is -2.21. The molecule has 4 heteroatoms. The fraction of sp³-hybridized carbons (Fsp3) is 0.294. The van der Waals surface area contributed by atoms with Crippen LogP contribution in [0.5, 0.6) is 11.5 Å². The second-order valence-electron chi connectivity index (χ2n) is 4.56. The van der Waals surface area contributed by atoms with Gasteiger partial charge < -0.3 is 14.8 Å². The lowest BCUT2D eigenvalue weighted by atomic mass is 10.1. The minimum absolute atomic E-state index is 0. The molecule has 0 unspecified atom stereocenters. The lowest BCUT2D eigenvalue weighted by Crippen LogP contribution is -2.16. The van der Waals surface area contributed by atoms with Gasteiger partial charge in [-0.15, -0.1) is 12.4 Å². The van der Waals surface area contributed by atoms with Crippen molar-refractivity contribution in [2.75, 3.05) is 20.7 Å². The van der Waals surface area contributed by atoms with Gasteiger partial charge in [0.05, 0.1) is 7.11 Å². The summed E-state index contributed by atoms with van der Waals surface area (Å²) in [6, 6.07) is 18.0. The molecule has 0 bridgehead atoms. The molecule has 0 aromatic heterocycles. The molecule has 0 amide bonds. The Kier molecular flexibility index (Phi) is 7.65. The van der Waals surface area contributed by atoms with E-state index in [1.165, 1.54) is 5.56 Å².